The molecule has 4 nitrogen and oxygen atoms in total. The lowest BCUT2D eigenvalue weighted by molar-refractivity contribution is 0.151. The lowest BCUT2D eigenvalue weighted by Crippen LogP contribution is -2.37. The second-order valence-electron chi connectivity index (χ2n) is 7.18. The number of hydrogen-bond acceptors (Lipinski definition) is 5. The first kappa shape index (κ1) is 15.3. The molecule has 0 saturated heterocycles. The van der Waals surface area contributed by atoms with E-state index in [2.05, 4.69) is 28.8 Å². The summed E-state index contributed by atoms with van der Waals surface area (Å²) in [4.78, 5) is 13.9. The van der Waals surface area contributed by atoms with E-state index in [9.17, 15) is 0 Å². The van der Waals surface area contributed by atoms with Gasteiger partial charge in [-0.2, -0.15) is 0 Å². The Kier molecular flexibility index (Phi) is 4.01. The Labute approximate surface area is 142 Å². The van der Waals surface area contributed by atoms with E-state index in [0.29, 0.717) is 11.7 Å². The highest BCUT2D eigenvalue weighted by Crippen LogP contribution is 2.50. The van der Waals surface area contributed by atoms with E-state index in [4.69, 9.17) is 5.73 Å². The summed E-state index contributed by atoms with van der Waals surface area (Å²) in [6, 6.07) is 0.751. The summed E-state index contributed by atoms with van der Waals surface area (Å²) in [7, 11) is 2.28. The van der Waals surface area contributed by atoms with Crippen molar-refractivity contribution in [3.05, 3.63) is 16.8 Å². The first-order valence-corrected chi connectivity index (χ1v) is 9.72. The second kappa shape index (κ2) is 6.02. The van der Waals surface area contributed by atoms with Crippen LogP contribution in [0.25, 0.3) is 10.2 Å². The number of nitrogen functional groups attached to an aromatic ring is 1. The van der Waals surface area contributed by atoms with Gasteiger partial charge in [-0.25, -0.2) is 9.97 Å². The fraction of sp³-hybridized carbons (Fsp3) is 0.667. The number of anilines is 1. The zero-order valence-electron chi connectivity index (χ0n) is 14.1. The Bertz CT molecular complexity index is 710. The molecule has 0 aliphatic heterocycles. The van der Waals surface area contributed by atoms with Gasteiger partial charge in [-0.15, -0.1) is 11.3 Å². The number of rotatable bonds is 3. The van der Waals surface area contributed by atoms with Crippen LogP contribution in [0.4, 0.5) is 5.82 Å². The SMILES string of the molecule is CCN(C)[C@H]1CCCC(C2CCc3sc4ncnc(N)c4c32)C1. The Morgan fingerprint density at radius 2 is 2.17 bits per heavy atom. The molecular weight excluding hydrogens is 304 g/mol. The van der Waals surface area contributed by atoms with E-state index >= 15 is 0 Å². The summed E-state index contributed by atoms with van der Waals surface area (Å²) >= 11 is 1.84. The van der Waals surface area contributed by atoms with Crippen LogP contribution >= 0.6 is 11.3 Å². The second-order valence-corrected chi connectivity index (χ2v) is 8.26. The number of fused-ring (bicyclic) bond motifs is 3. The van der Waals surface area contributed by atoms with Crippen molar-refractivity contribution in [2.75, 3.05) is 19.3 Å². The number of thiophene rings is 1. The molecule has 0 spiro atoms. The molecule has 1 fully saturated rings. The van der Waals surface area contributed by atoms with Gasteiger partial charge in [0.1, 0.15) is 17.0 Å². The fourth-order valence-electron chi connectivity index (χ4n) is 4.73. The summed E-state index contributed by atoms with van der Waals surface area (Å²) in [5.41, 5.74) is 7.72. The van der Waals surface area contributed by atoms with Crippen molar-refractivity contribution in [3.63, 3.8) is 0 Å². The Morgan fingerprint density at radius 3 is 3.00 bits per heavy atom. The minimum absolute atomic E-state index is 0.667. The molecule has 0 radical (unpaired) electrons. The third kappa shape index (κ3) is 2.54. The normalized spacial score (nSPS) is 27.7. The molecule has 3 atom stereocenters. The lowest BCUT2D eigenvalue weighted by Gasteiger charge is -2.37. The minimum atomic E-state index is 0.667. The molecule has 2 aliphatic carbocycles. The van der Waals surface area contributed by atoms with E-state index in [0.717, 1.165) is 23.3 Å². The highest BCUT2D eigenvalue weighted by Gasteiger charge is 2.37. The van der Waals surface area contributed by atoms with Gasteiger partial charge in [-0.3, -0.25) is 0 Å². The van der Waals surface area contributed by atoms with Gasteiger partial charge in [0.05, 0.1) is 5.39 Å². The average molecular weight is 331 g/mol. The van der Waals surface area contributed by atoms with Gasteiger partial charge in [0.2, 0.25) is 0 Å². The van der Waals surface area contributed by atoms with Gasteiger partial charge in [0, 0.05) is 10.9 Å². The largest absolute Gasteiger partial charge is 0.383 e. The minimum Gasteiger partial charge on any atom is -0.383 e. The average Bonchev–Trinajstić information content (AvgIpc) is 3.13. The van der Waals surface area contributed by atoms with E-state index in [-0.39, 0.29) is 0 Å². The maximum atomic E-state index is 6.21. The van der Waals surface area contributed by atoms with Crippen LogP contribution in [-0.2, 0) is 6.42 Å². The van der Waals surface area contributed by atoms with Gasteiger partial charge < -0.3 is 10.6 Å². The van der Waals surface area contributed by atoms with Crippen LogP contribution in [0.2, 0.25) is 0 Å². The van der Waals surface area contributed by atoms with Crippen molar-refractivity contribution in [1.82, 2.24) is 14.9 Å². The first-order chi connectivity index (χ1) is 11.2. The first-order valence-electron chi connectivity index (χ1n) is 8.91. The molecule has 4 rings (SSSR count). The van der Waals surface area contributed by atoms with Crippen LogP contribution in [0.5, 0.6) is 0 Å². The highest BCUT2D eigenvalue weighted by atomic mass is 32.1. The predicted molar refractivity (Wildman–Crippen MR) is 96.9 cm³/mol. The molecule has 5 heteroatoms. The summed E-state index contributed by atoms with van der Waals surface area (Å²) in [5, 5.41) is 1.17. The third-order valence-electron chi connectivity index (χ3n) is 6.06. The maximum Gasteiger partial charge on any atom is 0.135 e. The Hall–Kier alpha value is -1.20. The number of aromatic nitrogens is 2. The number of aryl methyl sites for hydroxylation is 1. The van der Waals surface area contributed by atoms with Crippen LogP contribution in [0.15, 0.2) is 6.33 Å². The van der Waals surface area contributed by atoms with Crippen LogP contribution < -0.4 is 5.73 Å². The van der Waals surface area contributed by atoms with Gasteiger partial charge in [0.15, 0.2) is 0 Å². The standard InChI is InChI=1S/C18H26N4S/c1-3-22(2)12-6-4-5-11(9-12)13-7-8-14-15(13)16-17(19)20-10-21-18(16)23-14/h10-13H,3-9H2,1-2H3,(H2,19,20,21)/t11?,12-,13?/m0/s1. The van der Waals surface area contributed by atoms with Crippen molar-refractivity contribution in [2.45, 2.75) is 57.4 Å². The predicted octanol–water partition coefficient (Wildman–Crippen LogP) is 3.81. The molecule has 0 bridgehead atoms. The highest BCUT2D eigenvalue weighted by molar-refractivity contribution is 7.19. The molecule has 124 valence electrons. The molecule has 1 saturated carbocycles. The molecule has 0 aromatic carbocycles. The summed E-state index contributed by atoms with van der Waals surface area (Å²) < 4.78 is 0. The topological polar surface area (TPSA) is 55.0 Å². The molecule has 23 heavy (non-hydrogen) atoms. The van der Waals surface area contributed by atoms with Gasteiger partial charge in [0.25, 0.3) is 0 Å². The van der Waals surface area contributed by atoms with Crippen LogP contribution in [-0.4, -0.2) is 34.5 Å². The fourth-order valence-corrected chi connectivity index (χ4v) is 5.96. The molecule has 2 aromatic rings. The zero-order valence-corrected chi connectivity index (χ0v) is 14.9. The maximum absolute atomic E-state index is 6.21. The number of hydrogen-bond donors (Lipinski definition) is 1. The summed E-state index contributed by atoms with van der Waals surface area (Å²) in [6.45, 7) is 3.41. The molecule has 2 aromatic heterocycles. The smallest absolute Gasteiger partial charge is 0.135 e. The summed E-state index contributed by atoms with van der Waals surface area (Å²) in [6.07, 6.45) is 9.51. The molecule has 2 heterocycles. The van der Waals surface area contributed by atoms with Gasteiger partial charge in [-0.05, 0) is 63.1 Å². The molecule has 2 unspecified atom stereocenters. The molecule has 2 aliphatic rings. The Morgan fingerprint density at radius 1 is 1.30 bits per heavy atom. The molecule has 2 N–H and O–H groups in total. The van der Waals surface area contributed by atoms with Gasteiger partial charge >= 0.3 is 0 Å². The van der Waals surface area contributed by atoms with Crippen molar-refractivity contribution in [3.8, 4) is 0 Å². The zero-order chi connectivity index (χ0) is 16.0. The lowest BCUT2D eigenvalue weighted by atomic mass is 9.75. The van der Waals surface area contributed by atoms with E-state index < -0.39 is 0 Å². The van der Waals surface area contributed by atoms with Crippen LogP contribution in [0.1, 0.15) is 55.4 Å². The van der Waals surface area contributed by atoms with Crippen molar-refractivity contribution in [2.24, 2.45) is 5.92 Å². The third-order valence-corrected chi connectivity index (χ3v) is 7.24. The number of nitrogens with zero attached hydrogens (tertiary/aromatic N) is 3. The Balaban J connectivity index is 1.67. The number of nitrogens with two attached hydrogens (primary N) is 1. The summed E-state index contributed by atoms with van der Waals surface area (Å²) in [5.74, 6) is 2.14. The van der Waals surface area contributed by atoms with Crippen molar-refractivity contribution < 1.29 is 0 Å². The molecule has 0 amide bonds. The van der Waals surface area contributed by atoms with E-state index in [1.807, 2.05) is 11.3 Å². The molecular formula is C18H26N4S. The van der Waals surface area contributed by atoms with E-state index in [1.54, 1.807) is 6.33 Å². The van der Waals surface area contributed by atoms with Crippen molar-refractivity contribution >= 4 is 27.4 Å². The van der Waals surface area contributed by atoms with Crippen molar-refractivity contribution in [1.29, 1.82) is 0 Å². The van der Waals surface area contributed by atoms with Crippen LogP contribution in [0, 0.1) is 5.92 Å². The van der Waals surface area contributed by atoms with Gasteiger partial charge in [-0.1, -0.05) is 13.3 Å². The quantitative estimate of drug-likeness (QED) is 0.929. The monoisotopic (exact) mass is 330 g/mol. The van der Waals surface area contributed by atoms with E-state index in [1.165, 1.54) is 54.4 Å². The van der Waals surface area contributed by atoms with Crippen LogP contribution in [0.3, 0.4) is 0 Å².